The predicted molar refractivity (Wildman–Crippen MR) is 106 cm³/mol. The molecule has 30 heavy (non-hydrogen) atoms. The molecule has 1 saturated heterocycles. The summed E-state index contributed by atoms with van der Waals surface area (Å²) >= 11 is 0. The average Bonchev–Trinajstić information content (AvgIpc) is 3.52. The maximum absolute atomic E-state index is 13.1. The topological polar surface area (TPSA) is 98.4 Å². The summed E-state index contributed by atoms with van der Waals surface area (Å²) in [5.41, 5.74) is 0.582. The maximum Gasteiger partial charge on any atom is 0.290 e. The second kappa shape index (κ2) is 8.23. The highest BCUT2D eigenvalue weighted by molar-refractivity contribution is 6.15. The van der Waals surface area contributed by atoms with Crippen LogP contribution in [0.25, 0.3) is 0 Å². The SMILES string of the molecule is COc1ccc([C@H]2C(C(=O)c3ccco3)=C(O)C(=O)N2C[C@H]2CCCO2)cc1OC. The Labute approximate surface area is 173 Å². The fraction of sp³-hybridized carbons (Fsp3) is 0.364. The summed E-state index contributed by atoms with van der Waals surface area (Å²) in [4.78, 5) is 27.6. The van der Waals surface area contributed by atoms with Crippen molar-refractivity contribution in [3.8, 4) is 11.5 Å². The van der Waals surface area contributed by atoms with E-state index in [4.69, 9.17) is 18.6 Å². The minimum absolute atomic E-state index is 0.0276. The van der Waals surface area contributed by atoms with Crippen molar-refractivity contribution in [2.75, 3.05) is 27.4 Å². The molecule has 0 bridgehead atoms. The van der Waals surface area contributed by atoms with Crippen molar-refractivity contribution in [3.05, 3.63) is 59.3 Å². The van der Waals surface area contributed by atoms with Gasteiger partial charge in [-0.05, 0) is 42.7 Å². The molecule has 2 atom stereocenters. The Morgan fingerprint density at radius 1 is 1.23 bits per heavy atom. The lowest BCUT2D eigenvalue weighted by atomic mass is 9.94. The van der Waals surface area contributed by atoms with Gasteiger partial charge >= 0.3 is 0 Å². The molecule has 2 aliphatic rings. The molecule has 0 aliphatic carbocycles. The highest BCUT2D eigenvalue weighted by atomic mass is 16.5. The van der Waals surface area contributed by atoms with E-state index in [1.54, 1.807) is 24.3 Å². The number of hydrogen-bond donors (Lipinski definition) is 1. The molecule has 1 amide bonds. The standard InChI is InChI=1S/C22H23NO7/c1-27-15-8-7-13(11-17(15)28-2)19-18(20(24)16-6-4-10-30-16)21(25)22(26)23(19)12-14-5-3-9-29-14/h4,6-8,10-11,14,19,25H,3,5,9,12H2,1-2H3/t14-,19+/m1/s1. The van der Waals surface area contributed by atoms with Gasteiger partial charge in [-0.15, -0.1) is 0 Å². The number of carbonyl (C=O) groups is 2. The van der Waals surface area contributed by atoms with Crippen molar-refractivity contribution in [1.82, 2.24) is 4.90 Å². The quantitative estimate of drug-likeness (QED) is 0.697. The molecule has 3 heterocycles. The number of hydrogen-bond acceptors (Lipinski definition) is 7. The number of ether oxygens (including phenoxy) is 3. The van der Waals surface area contributed by atoms with Gasteiger partial charge in [0.2, 0.25) is 5.78 Å². The van der Waals surface area contributed by atoms with Crippen molar-refractivity contribution >= 4 is 11.7 Å². The Balaban J connectivity index is 1.79. The van der Waals surface area contributed by atoms with Gasteiger partial charge in [0.15, 0.2) is 23.0 Å². The number of aliphatic hydroxyl groups is 1. The van der Waals surface area contributed by atoms with Crippen LogP contribution in [0.15, 0.2) is 52.3 Å². The number of furan rings is 1. The lowest BCUT2D eigenvalue weighted by molar-refractivity contribution is -0.131. The Bertz CT molecular complexity index is 973. The molecular weight excluding hydrogens is 390 g/mol. The minimum Gasteiger partial charge on any atom is -0.503 e. The Morgan fingerprint density at radius 3 is 2.67 bits per heavy atom. The molecular formula is C22H23NO7. The number of aliphatic hydroxyl groups excluding tert-OH is 1. The average molecular weight is 413 g/mol. The van der Waals surface area contributed by atoms with Gasteiger partial charge in [-0.2, -0.15) is 0 Å². The van der Waals surface area contributed by atoms with E-state index in [2.05, 4.69) is 0 Å². The van der Waals surface area contributed by atoms with E-state index in [0.717, 1.165) is 12.8 Å². The first kappa shape index (κ1) is 20.0. The number of methoxy groups -OCH3 is 2. The van der Waals surface area contributed by atoms with Gasteiger partial charge in [-0.1, -0.05) is 6.07 Å². The number of benzene rings is 1. The lowest BCUT2D eigenvalue weighted by Gasteiger charge is -2.29. The van der Waals surface area contributed by atoms with Crippen LogP contribution in [0.2, 0.25) is 0 Å². The van der Waals surface area contributed by atoms with Crippen LogP contribution >= 0.6 is 0 Å². The van der Waals surface area contributed by atoms with E-state index < -0.39 is 23.5 Å². The molecule has 0 radical (unpaired) electrons. The normalized spacial score (nSPS) is 21.4. The van der Waals surface area contributed by atoms with Gasteiger partial charge in [-0.25, -0.2) is 0 Å². The molecule has 0 unspecified atom stereocenters. The zero-order valence-electron chi connectivity index (χ0n) is 16.8. The summed E-state index contributed by atoms with van der Waals surface area (Å²) in [6.45, 7) is 0.891. The van der Waals surface area contributed by atoms with E-state index >= 15 is 0 Å². The number of ketones is 1. The van der Waals surface area contributed by atoms with Crippen LogP contribution in [0.3, 0.4) is 0 Å². The van der Waals surface area contributed by atoms with Crippen molar-refractivity contribution in [3.63, 3.8) is 0 Å². The molecule has 1 fully saturated rings. The Hall–Kier alpha value is -3.26. The smallest absolute Gasteiger partial charge is 0.290 e. The Morgan fingerprint density at radius 2 is 2.03 bits per heavy atom. The summed E-state index contributed by atoms with van der Waals surface area (Å²) in [6, 6.07) is 7.42. The van der Waals surface area contributed by atoms with Gasteiger partial charge in [0, 0.05) is 13.2 Å². The first-order valence-corrected chi connectivity index (χ1v) is 9.71. The monoisotopic (exact) mass is 413 g/mol. The fourth-order valence-electron chi connectivity index (χ4n) is 3.99. The zero-order valence-corrected chi connectivity index (χ0v) is 16.8. The van der Waals surface area contributed by atoms with Crippen LogP contribution in [0.5, 0.6) is 11.5 Å². The van der Waals surface area contributed by atoms with Crippen LogP contribution in [0, 0.1) is 0 Å². The third-order valence-electron chi connectivity index (χ3n) is 5.44. The number of carbonyl (C=O) groups excluding carboxylic acids is 2. The van der Waals surface area contributed by atoms with Crippen LogP contribution < -0.4 is 9.47 Å². The van der Waals surface area contributed by atoms with Crippen LogP contribution in [-0.4, -0.2) is 55.2 Å². The number of nitrogens with zero attached hydrogens (tertiary/aromatic N) is 1. The first-order valence-electron chi connectivity index (χ1n) is 9.71. The molecule has 0 saturated carbocycles. The van der Waals surface area contributed by atoms with Gasteiger partial charge in [0.25, 0.3) is 5.91 Å². The molecule has 0 spiro atoms. The van der Waals surface area contributed by atoms with E-state index in [-0.39, 0.29) is 24.0 Å². The van der Waals surface area contributed by atoms with Crippen LogP contribution in [0.4, 0.5) is 0 Å². The second-order valence-electron chi connectivity index (χ2n) is 7.18. The highest BCUT2D eigenvalue weighted by Gasteiger charge is 2.45. The largest absolute Gasteiger partial charge is 0.503 e. The third kappa shape index (κ3) is 3.43. The molecule has 1 aromatic carbocycles. The number of amides is 1. The van der Waals surface area contributed by atoms with E-state index in [0.29, 0.717) is 23.7 Å². The maximum atomic E-state index is 13.1. The zero-order chi connectivity index (χ0) is 21.3. The summed E-state index contributed by atoms with van der Waals surface area (Å²) < 4.78 is 21.6. The summed E-state index contributed by atoms with van der Waals surface area (Å²) in [7, 11) is 3.03. The summed E-state index contributed by atoms with van der Waals surface area (Å²) in [6.07, 6.45) is 2.94. The van der Waals surface area contributed by atoms with Gasteiger partial charge in [0.05, 0.1) is 38.2 Å². The highest BCUT2D eigenvalue weighted by Crippen LogP contribution is 2.42. The van der Waals surface area contributed by atoms with Gasteiger partial charge in [0.1, 0.15) is 0 Å². The fourth-order valence-corrected chi connectivity index (χ4v) is 3.99. The molecule has 8 heteroatoms. The van der Waals surface area contributed by atoms with Crippen LogP contribution in [-0.2, 0) is 9.53 Å². The molecule has 2 aromatic rings. The second-order valence-corrected chi connectivity index (χ2v) is 7.18. The van der Waals surface area contributed by atoms with Crippen molar-refractivity contribution in [2.24, 2.45) is 0 Å². The molecule has 4 rings (SSSR count). The number of Topliss-reactive ketones (excluding diaryl/α,β-unsaturated/α-hetero) is 1. The number of rotatable bonds is 7. The van der Waals surface area contributed by atoms with Gasteiger partial charge in [-0.3, -0.25) is 9.59 Å². The van der Waals surface area contributed by atoms with Crippen molar-refractivity contribution < 1.29 is 33.3 Å². The molecule has 8 nitrogen and oxygen atoms in total. The molecule has 1 aromatic heterocycles. The van der Waals surface area contributed by atoms with E-state index in [9.17, 15) is 14.7 Å². The Kier molecular flexibility index (Phi) is 5.50. The summed E-state index contributed by atoms with van der Waals surface area (Å²) in [5.74, 6) is -0.706. The molecule has 2 aliphatic heterocycles. The summed E-state index contributed by atoms with van der Waals surface area (Å²) in [5, 5.41) is 10.7. The van der Waals surface area contributed by atoms with E-state index in [1.165, 1.54) is 31.4 Å². The lowest BCUT2D eigenvalue weighted by Crippen LogP contribution is -2.37. The minimum atomic E-state index is -0.806. The third-order valence-corrected chi connectivity index (χ3v) is 5.44. The molecule has 1 N–H and O–H groups in total. The van der Waals surface area contributed by atoms with Crippen LogP contribution in [0.1, 0.15) is 35.0 Å². The van der Waals surface area contributed by atoms with Crippen molar-refractivity contribution in [2.45, 2.75) is 25.0 Å². The van der Waals surface area contributed by atoms with E-state index in [1.807, 2.05) is 0 Å². The van der Waals surface area contributed by atoms with Gasteiger partial charge < -0.3 is 28.6 Å². The first-order chi connectivity index (χ1) is 14.5. The predicted octanol–water partition coefficient (Wildman–Crippen LogP) is 3.05. The van der Waals surface area contributed by atoms with Crippen molar-refractivity contribution in [1.29, 1.82) is 0 Å². The molecule has 158 valence electrons.